The second kappa shape index (κ2) is 4.17. The molecule has 0 radical (unpaired) electrons. The lowest BCUT2D eigenvalue weighted by Gasteiger charge is -2.10. The third kappa shape index (κ3) is 2.94. The molecule has 0 aromatic rings. The highest BCUT2D eigenvalue weighted by atomic mass is 16.3. The SMILES string of the molecule is C#CC[C@H](O)[C@@H](C)C=C. The van der Waals surface area contributed by atoms with Crippen LogP contribution in [0.5, 0.6) is 0 Å². The van der Waals surface area contributed by atoms with E-state index in [1.54, 1.807) is 6.08 Å². The Morgan fingerprint density at radius 2 is 2.44 bits per heavy atom. The highest BCUT2D eigenvalue weighted by molar-refractivity contribution is 4.92. The number of aliphatic hydroxyl groups excluding tert-OH is 1. The average molecular weight is 124 g/mol. The Kier molecular flexibility index (Phi) is 3.83. The van der Waals surface area contributed by atoms with Gasteiger partial charge in [-0.2, -0.15) is 0 Å². The van der Waals surface area contributed by atoms with Crippen molar-refractivity contribution >= 4 is 0 Å². The molecule has 9 heavy (non-hydrogen) atoms. The van der Waals surface area contributed by atoms with Crippen LogP contribution >= 0.6 is 0 Å². The molecule has 0 heterocycles. The molecule has 0 fully saturated rings. The maximum atomic E-state index is 9.10. The van der Waals surface area contributed by atoms with Crippen LogP contribution in [0.1, 0.15) is 13.3 Å². The summed E-state index contributed by atoms with van der Waals surface area (Å²) < 4.78 is 0. The van der Waals surface area contributed by atoms with Crippen LogP contribution in [0, 0.1) is 18.3 Å². The van der Waals surface area contributed by atoms with Crippen molar-refractivity contribution in [2.45, 2.75) is 19.4 Å². The number of rotatable bonds is 3. The van der Waals surface area contributed by atoms with E-state index in [1.165, 1.54) is 0 Å². The first-order valence-corrected chi connectivity index (χ1v) is 2.96. The predicted molar refractivity (Wildman–Crippen MR) is 38.8 cm³/mol. The first-order valence-electron chi connectivity index (χ1n) is 2.96. The van der Waals surface area contributed by atoms with E-state index >= 15 is 0 Å². The summed E-state index contributed by atoms with van der Waals surface area (Å²) in [5.74, 6) is 2.48. The minimum atomic E-state index is -0.424. The molecule has 0 aliphatic rings. The van der Waals surface area contributed by atoms with Crippen LogP contribution in [0.3, 0.4) is 0 Å². The van der Waals surface area contributed by atoms with Crippen LogP contribution < -0.4 is 0 Å². The molecule has 0 bridgehead atoms. The van der Waals surface area contributed by atoms with E-state index in [0.29, 0.717) is 6.42 Å². The van der Waals surface area contributed by atoms with E-state index in [-0.39, 0.29) is 5.92 Å². The zero-order valence-electron chi connectivity index (χ0n) is 5.67. The van der Waals surface area contributed by atoms with Gasteiger partial charge in [0.25, 0.3) is 0 Å². The zero-order valence-corrected chi connectivity index (χ0v) is 5.67. The van der Waals surface area contributed by atoms with Crippen molar-refractivity contribution in [3.63, 3.8) is 0 Å². The van der Waals surface area contributed by atoms with E-state index in [1.807, 2.05) is 6.92 Å². The fraction of sp³-hybridized carbons (Fsp3) is 0.500. The van der Waals surface area contributed by atoms with Gasteiger partial charge < -0.3 is 5.11 Å². The molecule has 0 spiro atoms. The standard InChI is InChI=1S/C8H12O/c1-4-6-8(9)7(3)5-2/h1,5,7-9H,2,6H2,3H3/t7-,8-/m0/s1. The van der Waals surface area contributed by atoms with Crippen molar-refractivity contribution < 1.29 is 5.11 Å². The van der Waals surface area contributed by atoms with Gasteiger partial charge in [-0.15, -0.1) is 18.9 Å². The summed E-state index contributed by atoms with van der Waals surface area (Å²) in [7, 11) is 0. The molecule has 0 aromatic carbocycles. The highest BCUT2D eigenvalue weighted by Crippen LogP contribution is 2.05. The van der Waals surface area contributed by atoms with Crippen molar-refractivity contribution in [2.75, 3.05) is 0 Å². The number of aliphatic hydroxyl groups is 1. The number of hydrogen-bond donors (Lipinski definition) is 1. The molecular formula is C8H12O. The van der Waals surface area contributed by atoms with Gasteiger partial charge in [-0.25, -0.2) is 0 Å². The Morgan fingerprint density at radius 1 is 1.89 bits per heavy atom. The summed E-state index contributed by atoms with van der Waals surface area (Å²) in [4.78, 5) is 0. The van der Waals surface area contributed by atoms with Crippen molar-refractivity contribution in [3.05, 3.63) is 12.7 Å². The molecule has 0 saturated carbocycles. The number of terminal acetylenes is 1. The van der Waals surface area contributed by atoms with Gasteiger partial charge in [0.05, 0.1) is 6.10 Å². The Morgan fingerprint density at radius 3 is 2.78 bits per heavy atom. The van der Waals surface area contributed by atoms with Crippen molar-refractivity contribution in [1.82, 2.24) is 0 Å². The van der Waals surface area contributed by atoms with Crippen molar-refractivity contribution in [3.8, 4) is 12.3 Å². The van der Waals surface area contributed by atoms with E-state index in [2.05, 4.69) is 12.5 Å². The van der Waals surface area contributed by atoms with Crippen LogP contribution in [0.4, 0.5) is 0 Å². The summed E-state index contributed by atoms with van der Waals surface area (Å²) in [6.07, 6.45) is 6.66. The van der Waals surface area contributed by atoms with Gasteiger partial charge in [-0.1, -0.05) is 13.0 Å². The Balaban J connectivity index is 3.60. The maximum absolute atomic E-state index is 9.10. The molecule has 0 aliphatic carbocycles. The van der Waals surface area contributed by atoms with Crippen LogP contribution in [0.15, 0.2) is 12.7 Å². The smallest absolute Gasteiger partial charge is 0.0709 e. The average Bonchev–Trinajstić information content (AvgIpc) is 1.87. The molecule has 50 valence electrons. The van der Waals surface area contributed by atoms with E-state index in [9.17, 15) is 0 Å². The molecular weight excluding hydrogens is 112 g/mol. The minimum absolute atomic E-state index is 0.0982. The van der Waals surface area contributed by atoms with Gasteiger partial charge >= 0.3 is 0 Å². The first kappa shape index (κ1) is 8.26. The largest absolute Gasteiger partial charge is 0.392 e. The van der Waals surface area contributed by atoms with E-state index < -0.39 is 6.10 Å². The summed E-state index contributed by atoms with van der Waals surface area (Å²) in [6, 6.07) is 0. The van der Waals surface area contributed by atoms with Gasteiger partial charge in [-0.3, -0.25) is 0 Å². The zero-order chi connectivity index (χ0) is 7.28. The van der Waals surface area contributed by atoms with Crippen LogP contribution in [0.2, 0.25) is 0 Å². The van der Waals surface area contributed by atoms with Gasteiger partial charge in [-0.05, 0) is 0 Å². The molecule has 0 unspecified atom stereocenters. The molecule has 0 saturated heterocycles. The summed E-state index contributed by atoms with van der Waals surface area (Å²) in [5.41, 5.74) is 0. The van der Waals surface area contributed by atoms with Crippen molar-refractivity contribution in [1.29, 1.82) is 0 Å². The normalized spacial score (nSPS) is 15.7. The fourth-order valence-electron chi connectivity index (χ4n) is 0.464. The Labute approximate surface area is 56.4 Å². The Hall–Kier alpha value is -0.740. The molecule has 0 rings (SSSR count). The van der Waals surface area contributed by atoms with Gasteiger partial charge in [0.2, 0.25) is 0 Å². The van der Waals surface area contributed by atoms with Gasteiger partial charge in [0, 0.05) is 12.3 Å². The van der Waals surface area contributed by atoms with E-state index in [4.69, 9.17) is 11.5 Å². The second-order valence-electron chi connectivity index (χ2n) is 2.07. The summed E-state index contributed by atoms with van der Waals surface area (Å²) >= 11 is 0. The lowest BCUT2D eigenvalue weighted by atomic mass is 10.0. The fourth-order valence-corrected chi connectivity index (χ4v) is 0.464. The third-order valence-corrected chi connectivity index (χ3v) is 1.31. The molecule has 0 aromatic heterocycles. The van der Waals surface area contributed by atoms with Gasteiger partial charge in [0.15, 0.2) is 0 Å². The Bertz CT molecular complexity index is 121. The molecule has 1 heteroatoms. The topological polar surface area (TPSA) is 20.2 Å². The van der Waals surface area contributed by atoms with Gasteiger partial charge in [0.1, 0.15) is 0 Å². The molecule has 2 atom stereocenters. The summed E-state index contributed by atoms with van der Waals surface area (Å²) in [5, 5.41) is 9.10. The predicted octanol–water partition coefficient (Wildman–Crippen LogP) is 1.19. The first-order chi connectivity index (χ1) is 4.22. The number of hydrogen-bond acceptors (Lipinski definition) is 1. The lowest BCUT2D eigenvalue weighted by molar-refractivity contribution is 0.143. The van der Waals surface area contributed by atoms with E-state index in [0.717, 1.165) is 0 Å². The quantitative estimate of drug-likeness (QED) is 0.442. The van der Waals surface area contributed by atoms with Crippen LogP contribution in [-0.4, -0.2) is 11.2 Å². The monoisotopic (exact) mass is 124 g/mol. The molecule has 1 N–H and O–H groups in total. The molecule has 0 aliphatic heterocycles. The molecule has 0 amide bonds. The van der Waals surface area contributed by atoms with Crippen LogP contribution in [-0.2, 0) is 0 Å². The van der Waals surface area contributed by atoms with Crippen LogP contribution in [0.25, 0.3) is 0 Å². The van der Waals surface area contributed by atoms with Crippen molar-refractivity contribution in [2.24, 2.45) is 5.92 Å². The summed E-state index contributed by atoms with van der Waals surface area (Å²) in [6.45, 7) is 5.42. The highest BCUT2D eigenvalue weighted by Gasteiger charge is 2.07. The lowest BCUT2D eigenvalue weighted by Crippen LogP contribution is -2.13. The maximum Gasteiger partial charge on any atom is 0.0709 e. The third-order valence-electron chi connectivity index (χ3n) is 1.31. The molecule has 1 nitrogen and oxygen atoms in total. The second-order valence-corrected chi connectivity index (χ2v) is 2.07. The minimum Gasteiger partial charge on any atom is -0.392 e.